The third kappa shape index (κ3) is 3.91. The lowest BCUT2D eigenvalue weighted by Crippen LogP contribution is -2.15. The number of carbonyl (C=O) groups excluding carboxylic acids is 1. The van der Waals surface area contributed by atoms with E-state index in [1.807, 2.05) is 4.72 Å². The average Bonchev–Trinajstić information content (AvgIpc) is 2.56. The number of rotatable bonds is 5. The summed E-state index contributed by atoms with van der Waals surface area (Å²) in [5.41, 5.74) is -1.52. The molecular formula is C15H11F2NO6S. The van der Waals surface area contributed by atoms with Crippen LogP contribution in [0.1, 0.15) is 20.7 Å². The van der Waals surface area contributed by atoms with Gasteiger partial charge in [-0.2, -0.15) is 0 Å². The molecule has 7 nitrogen and oxygen atoms in total. The van der Waals surface area contributed by atoms with Gasteiger partial charge in [-0.05, 0) is 30.3 Å². The largest absolute Gasteiger partial charge is 0.478 e. The van der Waals surface area contributed by atoms with Crippen molar-refractivity contribution in [3.63, 3.8) is 0 Å². The second-order valence-electron chi connectivity index (χ2n) is 4.74. The quantitative estimate of drug-likeness (QED) is 0.780. The molecule has 2 aromatic rings. The Morgan fingerprint density at radius 3 is 2.20 bits per heavy atom. The lowest BCUT2D eigenvalue weighted by atomic mass is 10.2. The topological polar surface area (TPSA) is 110 Å². The van der Waals surface area contributed by atoms with Gasteiger partial charge in [0.15, 0.2) is 0 Å². The van der Waals surface area contributed by atoms with E-state index in [2.05, 4.69) is 4.74 Å². The predicted molar refractivity (Wildman–Crippen MR) is 81.9 cm³/mol. The number of carboxylic acids is 1. The number of hydrogen-bond donors (Lipinski definition) is 2. The molecule has 0 saturated heterocycles. The lowest BCUT2D eigenvalue weighted by Gasteiger charge is -2.10. The van der Waals surface area contributed by atoms with Gasteiger partial charge in [0.05, 0.1) is 28.8 Å². The molecule has 0 heterocycles. The molecule has 0 fully saturated rings. The second-order valence-corrected chi connectivity index (χ2v) is 6.42. The van der Waals surface area contributed by atoms with Crippen molar-refractivity contribution in [2.24, 2.45) is 0 Å². The van der Waals surface area contributed by atoms with Gasteiger partial charge in [-0.3, -0.25) is 4.72 Å². The lowest BCUT2D eigenvalue weighted by molar-refractivity contribution is 0.0599. The fraction of sp³-hybridized carbons (Fsp3) is 0.0667. The molecule has 0 bridgehead atoms. The van der Waals surface area contributed by atoms with Crippen LogP contribution in [0.5, 0.6) is 0 Å². The first-order chi connectivity index (χ1) is 11.7. The highest BCUT2D eigenvalue weighted by Crippen LogP contribution is 2.23. The number of benzene rings is 2. The fourth-order valence-corrected chi connectivity index (χ4v) is 2.94. The molecule has 0 spiro atoms. The number of aromatic carboxylic acids is 1. The molecule has 2 aromatic carbocycles. The number of halogens is 2. The van der Waals surface area contributed by atoms with Crippen molar-refractivity contribution in [3.8, 4) is 0 Å². The Bertz CT molecular complexity index is 941. The number of methoxy groups -OCH3 is 1. The van der Waals surface area contributed by atoms with E-state index < -0.39 is 44.8 Å². The molecular weight excluding hydrogens is 360 g/mol. The molecule has 0 radical (unpaired) electrons. The maximum atomic E-state index is 13.7. The first kappa shape index (κ1) is 18.3. The molecule has 0 unspecified atom stereocenters. The summed E-state index contributed by atoms with van der Waals surface area (Å²) in [5, 5.41) is 8.82. The van der Waals surface area contributed by atoms with Gasteiger partial charge in [0.2, 0.25) is 0 Å². The van der Waals surface area contributed by atoms with Gasteiger partial charge in [0, 0.05) is 6.07 Å². The van der Waals surface area contributed by atoms with Crippen LogP contribution in [0.2, 0.25) is 0 Å². The van der Waals surface area contributed by atoms with E-state index in [4.69, 9.17) is 5.11 Å². The second kappa shape index (κ2) is 6.85. The molecule has 2 N–H and O–H groups in total. The van der Waals surface area contributed by atoms with Crippen molar-refractivity contribution in [1.29, 1.82) is 0 Å². The molecule has 0 aliphatic heterocycles. The number of anilines is 1. The van der Waals surface area contributed by atoms with Crippen molar-refractivity contribution >= 4 is 27.6 Å². The number of esters is 1. The summed E-state index contributed by atoms with van der Waals surface area (Å²) < 4.78 is 57.9. The van der Waals surface area contributed by atoms with E-state index >= 15 is 0 Å². The Hall–Kier alpha value is -3.01. The zero-order chi connectivity index (χ0) is 18.8. The summed E-state index contributed by atoms with van der Waals surface area (Å²) in [6.07, 6.45) is 0. The zero-order valence-corrected chi connectivity index (χ0v) is 13.4. The smallest absolute Gasteiger partial charge is 0.338 e. The summed E-state index contributed by atoms with van der Waals surface area (Å²) in [4.78, 5) is 21.9. The van der Waals surface area contributed by atoms with Crippen LogP contribution in [0.3, 0.4) is 0 Å². The molecule has 0 aromatic heterocycles. The standard InChI is InChI=1S/C15H11F2NO6S/c1-24-15(21)8-2-4-9(5-3-8)25(22,23)18-13-6-10(14(19)20)11(16)7-12(13)17/h2-7,18H,1H3,(H,19,20). The van der Waals surface area contributed by atoms with Crippen LogP contribution in [0, 0.1) is 11.6 Å². The maximum Gasteiger partial charge on any atom is 0.338 e. The highest BCUT2D eigenvalue weighted by Gasteiger charge is 2.21. The molecule has 2 rings (SSSR count). The van der Waals surface area contributed by atoms with E-state index in [-0.39, 0.29) is 16.5 Å². The van der Waals surface area contributed by atoms with Crippen molar-refractivity contribution in [3.05, 3.63) is 59.2 Å². The Kier molecular flexibility index (Phi) is 5.02. The molecule has 132 valence electrons. The maximum absolute atomic E-state index is 13.7. The minimum atomic E-state index is -4.30. The SMILES string of the molecule is COC(=O)c1ccc(S(=O)(=O)Nc2cc(C(=O)O)c(F)cc2F)cc1. The minimum Gasteiger partial charge on any atom is -0.478 e. The average molecular weight is 371 g/mol. The van der Waals surface area contributed by atoms with Crippen LogP contribution in [0.15, 0.2) is 41.3 Å². The first-order valence-corrected chi connectivity index (χ1v) is 8.07. The van der Waals surface area contributed by atoms with Crippen molar-refractivity contribution in [2.45, 2.75) is 4.90 Å². The fourth-order valence-electron chi connectivity index (χ4n) is 1.88. The molecule has 0 aliphatic carbocycles. The van der Waals surface area contributed by atoms with Crippen molar-refractivity contribution in [2.75, 3.05) is 11.8 Å². The highest BCUT2D eigenvalue weighted by atomic mass is 32.2. The van der Waals surface area contributed by atoms with Gasteiger partial charge in [0.25, 0.3) is 10.0 Å². The van der Waals surface area contributed by atoms with Crippen LogP contribution < -0.4 is 4.72 Å². The Balaban J connectivity index is 2.37. The van der Waals surface area contributed by atoms with Gasteiger partial charge >= 0.3 is 11.9 Å². The summed E-state index contributed by atoms with van der Waals surface area (Å²) >= 11 is 0. The third-order valence-corrected chi connectivity index (χ3v) is 4.50. The molecule has 10 heteroatoms. The normalized spacial score (nSPS) is 11.0. The molecule has 0 amide bonds. The molecule has 0 aliphatic rings. The van der Waals surface area contributed by atoms with E-state index in [9.17, 15) is 26.8 Å². The van der Waals surface area contributed by atoms with Crippen LogP contribution in [0.4, 0.5) is 14.5 Å². The van der Waals surface area contributed by atoms with Crippen LogP contribution >= 0.6 is 0 Å². The molecule has 25 heavy (non-hydrogen) atoms. The van der Waals surface area contributed by atoms with Crippen molar-refractivity contribution < 1.29 is 36.6 Å². The summed E-state index contributed by atoms with van der Waals surface area (Å²) in [7, 11) is -3.14. The molecule has 0 saturated carbocycles. The van der Waals surface area contributed by atoms with Gasteiger partial charge < -0.3 is 9.84 Å². The highest BCUT2D eigenvalue weighted by molar-refractivity contribution is 7.92. The Morgan fingerprint density at radius 2 is 1.68 bits per heavy atom. The number of nitrogens with one attached hydrogen (secondary N) is 1. The predicted octanol–water partition coefficient (Wildman–Crippen LogP) is 2.25. The molecule has 0 atom stereocenters. The summed E-state index contributed by atoms with van der Waals surface area (Å²) in [5.74, 6) is -4.97. The summed E-state index contributed by atoms with van der Waals surface area (Å²) in [6.45, 7) is 0. The Morgan fingerprint density at radius 1 is 1.08 bits per heavy atom. The van der Waals surface area contributed by atoms with Gasteiger partial charge in [-0.1, -0.05) is 0 Å². The Labute approximate surface area is 140 Å². The van der Waals surface area contributed by atoms with Gasteiger partial charge in [0.1, 0.15) is 11.6 Å². The van der Waals surface area contributed by atoms with Crippen LogP contribution in [-0.4, -0.2) is 32.6 Å². The number of carbonyl (C=O) groups is 2. The van der Waals surface area contributed by atoms with E-state index in [0.29, 0.717) is 6.07 Å². The van der Waals surface area contributed by atoms with E-state index in [1.54, 1.807) is 0 Å². The minimum absolute atomic E-state index is 0.0996. The van der Waals surface area contributed by atoms with Crippen LogP contribution in [0.25, 0.3) is 0 Å². The monoisotopic (exact) mass is 371 g/mol. The third-order valence-electron chi connectivity index (χ3n) is 3.12. The number of ether oxygens (including phenoxy) is 1. The van der Waals surface area contributed by atoms with Gasteiger partial charge in [-0.15, -0.1) is 0 Å². The van der Waals surface area contributed by atoms with E-state index in [1.165, 1.54) is 12.1 Å². The number of carboxylic acid groups (broad SMARTS) is 1. The number of sulfonamides is 1. The van der Waals surface area contributed by atoms with E-state index in [0.717, 1.165) is 19.2 Å². The van der Waals surface area contributed by atoms with Crippen LogP contribution in [-0.2, 0) is 14.8 Å². The van der Waals surface area contributed by atoms with Gasteiger partial charge in [-0.25, -0.2) is 26.8 Å². The van der Waals surface area contributed by atoms with Crippen molar-refractivity contribution in [1.82, 2.24) is 0 Å². The number of hydrogen-bond acceptors (Lipinski definition) is 5. The summed E-state index contributed by atoms with van der Waals surface area (Å²) in [6, 6.07) is 5.32. The zero-order valence-electron chi connectivity index (χ0n) is 12.6. The first-order valence-electron chi connectivity index (χ1n) is 6.59.